The van der Waals surface area contributed by atoms with Crippen LogP contribution in [0.15, 0.2) is 24.3 Å². The summed E-state index contributed by atoms with van der Waals surface area (Å²) in [6, 6.07) is 7.80. The minimum Gasteiger partial charge on any atom is -0.384 e. The van der Waals surface area contributed by atoms with Crippen LogP contribution in [0.3, 0.4) is 0 Å². The van der Waals surface area contributed by atoms with Gasteiger partial charge in [0.05, 0.1) is 29.9 Å². The molecule has 6 heteroatoms. The van der Waals surface area contributed by atoms with Crippen LogP contribution in [-0.2, 0) is 16.1 Å². The number of aromatic amines is 1. The zero-order valence-electron chi connectivity index (χ0n) is 10.8. The number of carbonyl (C=O) groups excluding carboxylic acids is 1. The van der Waals surface area contributed by atoms with Gasteiger partial charge in [-0.2, -0.15) is 0 Å². The second-order valence-corrected chi connectivity index (χ2v) is 5.13. The Bertz CT molecular complexity index is 508. The van der Waals surface area contributed by atoms with Gasteiger partial charge < -0.3 is 15.0 Å². The fourth-order valence-corrected chi connectivity index (χ4v) is 2.35. The lowest BCUT2D eigenvalue weighted by atomic mass is 10.3. The van der Waals surface area contributed by atoms with Crippen LogP contribution >= 0.6 is 11.8 Å². The summed E-state index contributed by atoms with van der Waals surface area (Å²) in [5.74, 6) is 2.07. The molecule has 0 fully saturated rings. The van der Waals surface area contributed by atoms with Crippen molar-refractivity contribution in [2.24, 2.45) is 0 Å². The van der Waals surface area contributed by atoms with Gasteiger partial charge in [0.2, 0.25) is 5.91 Å². The van der Waals surface area contributed by atoms with E-state index in [0.29, 0.717) is 18.9 Å². The Labute approximate surface area is 116 Å². The van der Waals surface area contributed by atoms with Crippen molar-refractivity contribution in [1.29, 1.82) is 0 Å². The van der Waals surface area contributed by atoms with Gasteiger partial charge in [-0.25, -0.2) is 4.98 Å². The number of fused-ring (bicyclic) bond motifs is 1. The lowest BCUT2D eigenvalue weighted by molar-refractivity contribution is -0.118. The molecule has 0 bridgehead atoms. The molecular formula is C13H17N3O2S. The number of imidazole rings is 1. The highest BCUT2D eigenvalue weighted by Gasteiger charge is 2.04. The van der Waals surface area contributed by atoms with E-state index in [1.54, 1.807) is 18.9 Å². The molecular weight excluding hydrogens is 262 g/mol. The number of benzene rings is 1. The molecule has 102 valence electrons. The predicted octanol–water partition coefficient (Wildman–Crippen LogP) is 1.56. The minimum absolute atomic E-state index is 0.0153. The second kappa shape index (κ2) is 7.16. The maximum Gasteiger partial charge on any atom is 0.230 e. The van der Waals surface area contributed by atoms with Gasteiger partial charge in [0, 0.05) is 12.9 Å². The normalized spacial score (nSPS) is 10.8. The summed E-state index contributed by atoms with van der Waals surface area (Å²) < 4.78 is 4.92. The molecule has 2 aromatic rings. The largest absolute Gasteiger partial charge is 0.384 e. The Morgan fingerprint density at radius 3 is 3.11 bits per heavy atom. The van der Waals surface area contributed by atoms with Crippen LogP contribution in [0.2, 0.25) is 0 Å². The highest BCUT2D eigenvalue weighted by molar-refractivity contribution is 7.99. The average molecular weight is 279 g/mol. The van der Waals surface area contributed by atoms with E-state index in [0.717, 1.165) is 22.6 Å². The molecule has 2 N–H and O–H groups in total. The van der Waals surface area contributed by atoms with Crippen LogP contribution < -0.4 is 5.32 Å². The van der Waals surface area contributed by atoms with Crippen molar-refractivity contribution in [2.75, 3.05) is 25.2 Å². The molecule has 0 radical (unpaired) electrons. The van der Waals surface area contributed by atoms with E-state index in [-0.39, 0.29) is 5.91 Å². The third-order valence-corrected chi connectivity index (χ3v) is 3.48. The first-order valence-electron chi connectivity index (χ1n) is 6.06. The number of nitrogens with one attached hydrogen (secondary N) is 2. The Balaban J connectivity index is 1.77. The molecule has 1 aromatic carbocycles. The first kappa shape index (κ1) is 13.9. The number of rotatable bonds is 7. The number of para-hydroxylation sites is 2. The smallest absolute Gasteiger partial charge is 0.230 e. The van der Waals surface area contributed by atoms with Gasteiger partial charge >= 0.3 is 0 Å². The number of methoxy groups -OCH3 is 1. The summed E-state index contributed by atoms with van der Waals surface area (Å²) in [6.07, 6.45) is 0. The monoisotopic (exact) mass is 279 g/mol. The molecule has 0 aliphatic rings. The maximum atomic E-state index is 11.6. The molecule has 1 aromatic heterocycles. The second-order valence-electron chi connectivity index (χ2n) is 4.02. The number of thioether (sulfide) groups is 1. The van der Waals surface area contributed by atoms with Crippen LogP contribution in [0.25, 0.3) is 11.0 Å². The van der Waals surface area contributed by atoms with Gasteiger partial charge in [-0.15, -0.1) is 11.8 Å². The molecule has 0 atom stereocenters. The van der Waals surface area contributed by atoms with E-state index in [2.05, 4.69) is 15.3 Å². The van der Waals surface area contributed by atoms with Crippen molar-refractivity contribution < 1.29 is 9.53 Å². The quantitative estimate of drug-likeness (QED) is 0.755. The van der Waals surface area contributed by atoms with Crippen molar-refractivity contribution in [3.8, 4) is 0 Å². The first-order valence-corrected chi connectivity index (χ1v) is 7.22. The van der Waals surface area contributed by atoms with Gasteiger partial charge in [0.1, 0.15) is 5.82 Å². The van der Waals surface area contributed by atoms with Crippen molar-refractivity contribution in [3.63, 3.8) is 0 Å². The van der Waals surface area contributed by atoms with Crippen LogP contribution in [0.4, 0.5) is 0 Å². The third-order valence-electron chi connectivity index (χ3n) is 2.56. The fraction of sp³-hybridized carbons (Fsp3) is 0.385. The van der Waals surface area contributed by atoms with Crippen molar-refractivity contribution in [2.45, 2.75) is 6.54 Å². The molecule has 19 heavy (non-hydrogen) atoms. The highest BCUT2D eigenvalue weighted by Crippen LogP contribution is 2.09. The SMILES string of the molecule is COCCSCC(=O)NCc1nc2ccccc2[nH]1. The van der Waals surface area contributed by atoms with E-state index in [1.807, 2.05) is 24.3 Å². The van der Waals surface area contributed by atoms with Crippen LogP contribution in [0.1, 0.15) is 5.82 Å². The van der Waals surface area contributed by atoms with E-state index in [1.165, 1.54) is 0 Å². The summed E-state index contributed by atoms with van der Waals surface area (Å²) >= 11 is 1.56. The number of amides is 1. The number of hydrogen-bond acceptors (Lipinski definition) is 4. The van der Waals surface area contributed by atoms with Gasteiger partial charge in [0.15, 0.2) is 0 Å². The molecule has 0 spiro atoms. The van der Waals surface area contributed by atoms with Gasteiger partial charge in [-0.3, -0.25) is 4.79 Å². The maximum absolute atomic E-state index is 11.6. The average Bonchev–Trinajstić information content (AvgIpc) is 2.84. The fourth-order valence-electron chi connectivity index (χ4n) is 1.63. The zero-order chi connectivity index (χ0) is 13.5. The molecule has 1 amide bonds. The van der Waals surface area contributed by atoms with E-state index in [4.69, 9.17) is 4.74 Å². The van der Waals surface area contributed by atoms with Crippen LogP contribution in [0.5, 0.6) is 0 Å². The van der Waals surface area contributed by atoms with Gasteiger partial charge in [-0.1, -0.05) is 12.1 Å². The molecule has 0 saturated heterocycles. The molecule has 5 nitrogen and oxygen atoms in total. The van der Waals surface area contributed by atoms with Crippen molar-refractivity contribution in [1.82, 2.24) is 15.3 Å². The summed E-state index contributed by atoms with van der Waals surface area (Å²) in [7, 11) is 1.65. The van der Waals surface area contributed by atoms with E-state index < -0.39 is 0 Å². The van der Waals surface area contributed by atoms with E-state index in [9.17, 15) is 4.79 Å². The van der Waals surface area contributed by atoms with Gasteiger partial charge in [0.25, 0.3) is 0 Å². The topological polar surface area (TPSA) is 67.0 Å². The Kier molecular flexibility index (Phi) is 5.23. The van der Waals surface area contributed by atoms with Crippen LogP contribution in [-0.4, -0.2) is 41.1 Å². The molecule has 0 unspecified atom stereocenters. The number of carbonyl (C=O) groups is 1. The molecule has 1 heterocycles. The standard InChI is InChI=1S/C13H17N3O2S/c1-18-6-7-19-9-13(17)14-8-12-15-10-4-2-3-5-11(10)16-12/h2-5H,6-9H2,1H3,(H,14,17)(H,15,16). The number of H-pyrrole nitrogens is 1. The lowest BCUT2D eigenvalue weighted by Crippen LogP contribution is -2.25. The molecule has 0 saturated carbocycles. The molecule has 0 aliphatic heterocycles. The predicted molar refractivity (Wildman–Crippen MR) is 77.1 cm³/mol. The number of ether oxygens (including phenoxy) is 1. The Hall–Kier alpha value is -1.53. The Morgan fingerprint density at radius 2 is 2.32 bits per heavy atom. The number of nitrogens with zero attached hydrogens (tertiary/aromatic N) is 1. The summed E-state index contributed by atoms with van der Waals surface area (Å²) in [4.78, 5) is 19.2. The van der Waals surface area contributed by atoms with Gasteiger partial charge in [-0.05, 0) is 12.1 Å². The molecule has 2 rings (SSSR count). The molecule has 0 aliphatic carbocycles. The third kappa shape index (κ3) is 4.25. The summed E-state index contributed by atoms with van der Waals surface area (Å²) in [5, 5.41) is 2.84. The first-order chi connectivity index (χ1) is 9.29. The Morgan fingerprint density at radius 1 is 1.47 bits per heavy atom. The summed E-state index contributed by atoms with van der Waals surface area (Å²) in [5.41, 5.74) is 1.91. The number of aromatic nitrogens is 2. The zero-order valence-corrected chi connectivity index (χ0v) is 11.6. The summed E-state index contributed by atoms with van der Waals surface area (Å²) in [6.45, 7) is 1.10. The van der Waals surface area contributed by atoms with E-state index >= 15 is 0 Å². The van der Waals surface area contributed by atoms with Crippen molar-refractivity contribution >= 4 is 28.7 Å². The highest BCUT2D eigenvalue weighted by atomic mass is 32.2. The van der Waals surface area contributed by atoms with Crippen LogP contribution in [0, 0.1) is 0 Å². The minimum atomic E-state index is 0.0153. The lowest BCUT2D eigenvalue weighted by Gasteiger charge is -2.02. The number of hydrogen-bond donors (Lipinski definition) is 2. The van der Waals surface area contributed by atoms with Crippen molar-refractivity contribution in [3.05, 3.63) is 30.1 Å².